The van der Waals surface area contributed by atoms with Crippen molar-refractivity contribution in [1.82, 2.24) is 4.98 Å². The molecule has 0 unspecified atom stereocenters. The predicted octanol–water partition coefficient (Wildman–Crippen LogP) is 2.06. The van der Waals surface area contributed by atoms with Gasteiger partial charge in [0.05, 0.1) is 11.1 Å². The van der Waals surface area contributed by atoms with Gasteiger partial charge in [-0.25, -0.2) is 4.98 Å². The molecule has 0 amide bonds. The maximum Gasteiger partial charge on any atom is 0.341 e. The van der Waals surface area contributed by atoms with Crippen LogP contribution >= 0.6 is 11.3 Å². The number of oxazole rings is 1. The molecule has 2 aromatic rings. The summed E-state index contributed by atoms with van der Waals surface area (Å²) in [6.45, 7) is 0. The molecule has 0 spiro atoms. The Morgan fingerprint density at radius 3 is 2.71 bits per heavy atom. The smallest absolute Gasteiger partial charge is 0.341 e. The molecule has 14 heavy (non-hydrogen) atoms. The molecule has 0 atom stereocenters. The van der Waals surface area contributed by atoms with E-state index in [0.29, 0.717) is 10.6 Å². The SMILES string of the molecule is O=S(=O)(F)c1ccc(-c2cnco2)s1. The van der Waals surface area contributed by atoms with Gasteiger partial charge in [-0.3, -0.25) is 0 Å². The Labute approximate surface area is 83.2 Å². The van der Waals surface area contributed by atoms with Crippen molar-refractivity contribution in [2.45, 2.75) is 4.21 Å². The van der Waals surface area contributed by atoms with E-state index in [1.807, 2.05) is 0 Å². The molecule has 0 aliphatic carbocycles. The Bertz CT molecular complexity index is 529. The maximum absolute atomic E-state index is 12.5. The summed E-state index contributed by atoms with van der Waals surface area (Å²) in [5.74, 6) is 0.421. The van der Waals surface area contributed by atoms with Gasteiger partial charge < -0.3 is 4.42 Å². The van der Waals surface area contributed by atoms with Crippen LogP contribution in [-0.2, 0) is 10.2 Å². The van der Waals surface area contributed by atoms with Gasteiger partial charge in [0.2, 0.25) is 0 Å². The van der Waals surface area contributed by atoms with Crippen LogP contribution in [0.25, 0.3) is 10.6 Å². The van der Waals surface area contributed by atoms with Crippen LogP contribution in [-0.4, -0.2) is 13.4 Å². The largest absolute Gasteiger partial charge is 0.443 e. The lowest BCUT2D eigenvalue weighted by molar-refractivity contribution is 0.554. The standard InChI is InChI=1S/C7H4FNO3S2/c8-14(10,11)7-2-1-6(13-7)5-3-9-4-12-5/h1-4H. The van der Waals surface area contributed by atoms with Crippen molar-refractivity contribution in [3.63, 3.8) is 0 Å². The van der Waals surface area contributed by atoms with Crippen LogP contribution in [0.4, 0.5) is 3.89 Å². The molecule has 0 aliphatic rings. The molecule has 2 rings (SSSR count). The molecule has 0 aromatic carbocycles. The van der Waals surface area contributed by atoms with Crippen LogP contribution in [0, 0.1) is 0 Å². The summed E-state index contributed by atoms with van der Waals surface area (Å²) >= 11 is 0.801. The molecular formula is C7H4FNO3S2. The van der Waals surface area contributed by atoms with Crippen LogP contribution in [0.2, 0.25) is 0 Å². The van der Waals surface area contributed by atoms with Gasteiger partial charge in [-0.1, -0.05) is 3.89 Å². The number of hydrogen-bond donors (Lipinski definition) is 0. The minimum atomic E-state index is -4.62. The van der Waals surface area contributed by atoms with Gasteiger partial charge in [0.1, 0.15) is 0 Å². The first-order valence-electron chi connectivity index (χ1n) is 3.51. The van der Waals surface area contributed by atoms with Crippen LogP contribution in [0.3, 0.4) is 0 Å². The number of thiophene rings is 1. The van der Waals surface area contributed by atoms with Gasteiger partial charge in [-0.2, -0.15) is 8.42 Å². The quantitative estimate of drug-likeness (QED) is 0.745. The Balaban J connectivity index is 2.46. The molecule has 0 radical (unpaired) electrons. The predicted molar refractivity (Wildman–Crippen MR) is 48.1 cm³/mol. The summed E-state index contributed by atoms with van der Waals surface area (Å²) in [5.41, 5.74) is 0. The van der Waals surface area contributed by atoms with Gasteiger partial charge in [0.25, 0.3) is 0 Å². The highest BCUT2D eigenvalue weighted by atomic mass is 32.3. The molecule has 0 aliphatic heterocycles. The van der Waals surface area contributed by atoms with Crippen molar-refractivity contribution in [3.8, 4) is 10.6 Å². The monoisotopic (exact) mass is 233 g/mol. The highest BCUT2D eigenvalue weighted by Gasteiger charge is 2.16. The summed E-state index contributed by atoms with van der Waals surface area (Å²) in [4.78, 5) is 4.19. The van der Waals surface area contributed by atoms with E-state index in [1.54, 1.807) is 0 Å². The Morgan fingerprint density at radius 1 is 1.43 bits per heavy atom. The highest BCUT2D eigenvalue weighted by molar-refractivity contribution is 7.88. The van der Waals surface area contributed by atoms with Crippen LogP contribution in [0.5, 0.6) is 0 Å². The average molecular weight is 233 g/mol. The molecule has 4 nitrogen and oxygen atoms in total. The lowest BCUT2D eigenvalue weighted by Crippen LogP contribution is -1.84. The number of rotatable bonds is 2. The first-order valence-corrected chi connectivity index (χ1v) is 5.71. The topological polar surface area (TPSA) is 60.2 Å². The molecule has 0 bridgehead atoms. The number of aromatic nitrogens is 1. The molecular weight excluding hydrogens is 229 g/mol. The van der Waals surface area contributed by atoms with Gasteiger partial charge in [-0.05, 0) is 12.1 Å². The third kappa shape index (κ3) is 1.68. The van der Waals surface area contributed by atoms with E-state index < -0.39 is 10.2 Å². The zero-order valence-corrected chi connectivity index (χ0v) is 8.31. The average Bonchev–Trinajstić information content (AvgIpc) is 2.73. The number of halogens is 1. The molecule has 74 valence electrons. The molecule has 0 N–H and O–H groups in total. The van der Waals surface area contributed by atoms with E-state index in [0.717, 1.165) is 11.3 Å². The molecule has 7 heteroatoms. The third-order valence-electron chi connectivity index (χ3n) is 1.50. The summed E-state index contributed by atoms with van der Waals surface area (Å²) in [6.07, 6.45) is 2.65. The molecule has 0 fully saturated rings. The van der Waals surface area contributed by atoms with E-state index in [-0.39, 0.29) is 4.21 Å². The minimum absolute atomic E-state index is 0.330. The van der Waals surface area contributed by atoms with Crippen molar-refractivity contribution >= 4 is 21.6 Å². The van der Waals surface area contributed by atoms with Gasteiger partial charge in [0, 0.05) is 0 Å². The van der Waals surface area contributed by atoms with Gasteiger partial charge in [0.15, 0.2) is 16.4 Å². The van der Waals surface area contributed by atoms with E-state index in [2.05, 4.69) is 4.98 Å². The van der Waals surface area contributed by atoms with Crippen molar-refractivity contribution in [2.24, 2.45) is 0 Å². The third-order valence-corrected chi connectivity index (χ3v) is 3.86. The summed E-state index contributed by atoms with van der Waals surface area (Å²) in [6, 6.07) is 2.66. The van der Waals surface area contributed by atoms with E-state index >= 15 is 0 Å². The van der Waals surface area contributed by atoms with Crippen molar-refractivity contribution in [3.05, 3.63) is 24.7 Å². The second-order valence-electron chi connectivity index (χ2n) is 2.42. The van der Waals surface area contributed by atoms with E-state index in [1.165, 1.54) is 24.7 Å². The van der Waals surface area contributed by atoms with Crippen LogP contribution < -0.4 is 0 Å². The van der Waals surface area contributed by atoms with E-state index in [4.69, 9.17) is 4.42 Å². The first-order chi connectivity index (χ1) is 6.57. The normalized spacial score (nSPS) is 11.8. The van der Waals surface area contributed by atoms with Crippen LogP contribution in [0.15, 0.2) is 33.3 Å². The second-order valence-corrected chi connectivity index (χ2v) is 5.08. The fourth-order valence-electron chi connectivity index (χ4n) is 0.921. The van der Waals surface area contributed by atoms with Crippen molar-refractivity contribution in [1.29, 1.82) is 0 Å². The second kappa shape index (κ2) is 3.18. The fourth-order valence-corrected chi connectivity index (χ4v) is 2.51. The number of nitrogens with zero attached hydrogens (tertiary/aromatic N) is 1. The van der Waals surface area contributed by atoms with Crippen molar-refractivity contribution in [2.75, 3.05) is 0 Å². The summed E-state index contributed by atoms with van der Waals surface area (Å²) in [7, 11) is -4.62. The Morgan fingerprint density at radius 2 is 2.21 bits per heavy atom. The molecule has 0 saturated heterocycles. The zero-order valence-electron chi connectivity index (χ0n) is 6.68. The first kappa shape index (κ1) is 9.35. The molecule has 2 aromatic heterocycles. The lowest BCUT2D eigenvalue weighted by Gasteiger charge is -1.86. The zero-order chi connectivity index (χ0) is 10.2. The summed E-state index contributed by atoms with van der Waals surface area (Å²) in [5, 5.41) is 0. The minimum Gasteiger partial charge on any atom is -0.443 e. The summed E-state index contributed by atoms with van der Waals surface area (Å²) < 4.78 is 38.1. The fraction of sp³-hybridized carbons (Fsp3) is 0. The van der Waals surface area contributed by atoms with Gasteiger partial charge in [-0.15, -0.1) is 11.3 Å². The maximum atomic E-state index is 12.5. The van der Waals surface area contributed by atoms with E-state index in [9.17, 15) is 12.3 Å². The highest BCUT2D eigenvalue weighted by Crippen LogP contribution is 2.31. The molecule has 2 heterocycles. The number of hydrogen-bond acceptors (Lipinski definition) is 5. The Hall–Kier alpha value is -1.21. The van der Waals surface area contributed by atoms with Crippen molar-refractivity contribution < 1.29 is 16.7 Å². The lowest BCUT2D eigenvalue weighted by atomic mass is 10.4. The molecule has 0 saturated carbocycles. The Kier molecular flexibility index (Phi) is 2.12. The van der Waals surface area contributed by atoms with Gasteiger partial charge >= 0.3 is 10.2 Å². The van der Waals surface area contributed by atoms with Crippen LogP contribution in [0.1, 0.15) is 0 Å².